The minimum Gasteiger partial charge on any atom is -0.452 e. The van der Waals surface area contributed by atoms with Gasteiger partial charge in [0.15, 0.2) is 0 Å². The van der Waals surface area contributed by atoms with E-state index in [4.69, 9.17) is 27.0 Å². The minimum atomic E-state index is -0.309. The molecular formula is C11H14ClN3O3. The van der Waals surface area contributed by atoms with E-state index in [-0.39, 0.29) is 28.9 Å². The maximum atomic E-state index is 11.9. The smallest absolute Gasteiger partial charge is 0.256 e. The van der Waals surface area contributed by atoms with E-state index in [0.29, 0.717) is 5.56 Å². The van der Waals surface area contributed by atoms with Gasteiger partial charge < -0.3 is 20.7 Å². The second-order valence-electron chi connectivity index (χ2n) is 4.25. The van der Waals surface area contributed by atoms with Gasteiger partial charge in [0.2, 0.25) is 5.22 Å². The summed E-state index contributed by atoms with van der Waals surface area (Å²) >= 11 is 5.73. The molecule has 0 bridgehead atoms. The van der Waals surface area contributed by atoms with Crippen molar-refractivity contribution in [2.45, 2.75) is 25.3 Å². The molecule has 1 amide bonds. The highest BCUT2D eigenvalue weighted by atomic mass is 35.5. The van der Waals surface area contributed by atoms with Gasteiger partial charge in [-0.3, -0.25) is 4.79 Å². The van der Waals surface area contributed by atoms with E-state index in [2.05, 4.69) is 10.5 Å². The Balaban J connectivity index is 2.05. The summed E-state index contributed by atoms with van der Waals surface area (Å²) in [7, 11) is 0. The van der Waals surface area contributed by atoms with Crippen molar-refractivity contribution in [2.75, 3.05) is 0 Å². The van der Waals surface area contributed by atoms with Gasteiger partial charge >= 0.3 is 0 Å². The number of carbonyl (C=O) groups is 1. The van der Waals surface area contributed by atoms with Crippen molar-refractivity contribution < 1.29 is 14.4 Å². The Morgan fingerprint density at radius 2 is 2.39 bits per heavy atom. The van der Waals surface area contributed by atoms with Gasteiger partial charge in [0.1, 0.15) is 5.84 Å². The number of hydrogen-bond donors (Lipinski definition) is 3. The minimum absolute atomic E-state index is 0.0610. The molecule has 98 valence electrons. The first kappa shape index (κ1) is 12.8. The van der Waals surface area contributed by atoms with Crippen molar-refractivity contribution in [2.24, 2.45) is 16.8 Å². The van der Waals surface area contributed by atoms with Gasteiger partial charge in [0, 0.05) is 12.0 Å². The maximum absolute atomic E-state index is 11.9. The molecule has 1 aliphatic carbocycles. The van der Waals surface area contributed by atoms with Crippen molar-refractivity contribution in [1.29, 1.82) is 0 Å². The van der Waals surface area contributed by atoms with Crippen LogP contribution in [0.2, 0.25) is 5.22 Å². The summed E-state index contributed by atoms with van der Waals surface area (Å²) in [6.45, 7) is 0. The molecule has 4 N–H and O–H groups in total. The average molecular weight is 272 g/mol. The molecule has 7 heteroatoms. The zero-order valence-corrected chi connectivity index (χ0v) is 10.4. The van der Waals surface area contributed by atoms with Crippen LogP contribution >= 0.6 is 11.6 Å². The molecule has 0 saturated heterocycles. The van der Waals surface area contributed by atoms with Gasteiger partial charge in [-0.05, 0) is 30.5 Å². The molecule has 6 nitrogen and oxygen atoms in total. The quantitative estimate of drug-likeness (QED) is 0.336. The summed E-state index contributed by atoms with van der Waals surface area (Å²) in [5, 5.41) is 14.6. The number of furan rings is 1. The molecule has 1 fully saturated rings. The van der Waals surface area contributed by atoms with Crippen LogP contribution in [0, 0.1) is 5.92 Å². The number of amides is 1. The van der Waals surface area contributed by atoms with Crippen LogP contribution in [0.4, 0.5) is 0 Å². The molecular weight excluding hydrogens is 258 g/mol. The third-order valence-corrected chi connectivity index (χ3v) is 3.48. The van der Waals surface area contributed by atoms with E-state index in [0.717, 1.165) is 19.3 Å². The lowest BCUT2D eigenvalue weighted by Gasteiger charge is -2.19. The summed E-state index contributed by atoms with van der Waals surface area (Å²) in [5.74, 6) is -0.294. The standard InChI is InChI=1S/C11H14ClN3O3/c12-9-7(4-5-18-9)11(16)14-8-3-1-2-6(8)10(13)15-17/h4-6,8,17H,1-3H2,(H2,13,15)(H,14,16). The highest BCUT2D eigenvalue weighted by molar-refractivity contribution is 6.32. The van der Waals surface area contributed by atoms with Crippen LogP contribution in [-0.4, -0.2) is 23.0 Å². The summed E-state index contributed by atoms with van der Waals surface area (Å²) in [5.41, 5.74) is 5.89. The molecule has 0 spiro atoms. The number of amidine groups is 1. The van der Waals surface area contributed by atoms with Crippen LogP contribution < -0.4 is 11.1 Å². The lowest BCUT2D eigenvalue weighted by Crippen LogP contribution is -2.42. The molecule has 0 aromatic carbocycles. The Labute approximate surface area is 109 Å². The van der Waals surface area contributed by atoms with Crippen molar-refractivity contribution in [3.8, 4) is 0 Å². The molecule has 1 aromatic heterocycles. The Morgan fingerprint density at radius 3 is 3.00 bits per heavy atom. The molecule has 1 aliphatic rings. The second kappa shape index (κ2) is 5.30. The molecule has 18 heavy (non-hydrogen) atoms. The molecule has 2 atom stereocenters. The summed E-state index contributed by atoms with van der Waals surface area (Å²) in [4.78, 5) is 11.9. The normalized spacial score (nSPS) is 24.2. The van der Waals surface area contributed by atoms with Gasteiger partial charge in [0.05, 0.1) is 11.8 Å². The third-order valence-electron chi connectivity index (χ3n) is 3.19. The van der Waals surface area contributed by atoms with Crippen LogP contribution in [0.15, 0.2) is 21.9 Å². The third kappa shape index (κ3) is 2.43. The van der Waals surface area contributed by atoms with E-state index < -0.39 is 0 Å². The van der Waals surface area contributed by atoms with Crippen LogP contribution in [0.5, 0.6) is 0 Å². The predicted octanol–water partition coefficient (Wildman–Crippen LogP) is 1.58. The van der Waals surface area contributed by atoms with Gasteiger partial charge in [-0.15, -0.1) is 0 Å². The zero-order chi connectivity index (χ0) is 13.1. The van der Waals surface area contributed by atoms with E-state index in [1.54, 1.807) is 0 Å². The monoisotopic (exact) mass is 271 g/mol. The van der Waals surface area contributed by atoms with Gasteiger partial charge in [-0.1, -0.05) is 11.6 Å². The summed E-state index contributed by atoms with van der Waals surface area (Å²) in [6, 6.07) is 1.37. The summed E-state index contributed by atoms with van der Waals surface area (Å²) < 4.78 is 4.86. The number of rotatable bonds is 3. The van der Waals surface area contributed by atoms with Crippen molar-refractivity contribution in [3.05, 3.63) is 23.1 Å². The summed E-state index contributed by atoms with van der Waals surface area (Å²) in [6.07, 6.45) is 3.86. The first-order valence-electron chi connectivity index (χ1n) is 5.64. The maximum Gasteiger partial charge on any atom is 0.256 e. The Hall–Kier alpha value is -1.69. The molecule has 0 aliphatic heterocycles. The molecule has 2 unspecified atom stereocenters. The van der Waals surface area contributed by atoms with Gasteiger partial charge in [-0.25, -0.2) is 0 Å². The number of halogens is 1. The van der Waals surface area contributed by atoms with Crippen molar-refractivity contribution >= 4 is 23.3 Å². The topological polar surface area (TPSA) is 101 Å². The van der Waals surface area contributed by atoms with Crippen LogP contribution in [0.3, 0.4) is 0 Å². The van der Waals surface area contributed by atoms with E-state index in [1.807, 2.05) is 0 Å². The number of nitrogens with two attached hydrogens (primary N) is 1. The van der Waals surface area contributed by atoms with Gasteiger partial charge in [-0.2, -0.15) is 0 Å². The highest BCUT2D eigenvalue weighted by Crippen LogP contribution is 2.26. The van der Waals surface area contributed by atoms with Crippen molar-refractivity contribution in [3.63, 3.8) is 0 Å². The molecule has 0 radical (unpaired) electrons. The molecule has 1 aromatic rings. The van der Waals surface area contributed by atoms with E-state index in [1.165, 1.54) is 12.3 Å². The number of oxime groups is 1. The van der Waals surface area contributed by atoms with Crippen LogP contribution in [-0.2, 0) is 0 Å². The number of carbonyl (C=O) groups excluding carboxylic acids is 1. The predicted molar refractivity (Wildman–Crippen MR) is 65.7 cm³/mol. The first-order chi connectivity index (χ1) is 8.63. The Bertz CT molecular complexity index is 472. The SMILES string of the molecule is N/C(=N/O)C1CCCC1NC(=O)c1ccoc1Cl. The van der Waals surface area contributed by atoms with Crippen molar-refractivity contribution in [1.82, 2.24) is 5.32 Å². The average Bonchev–Trinajstić information content (AvgIpc) is 2.97. The Morgan fingerprint density at radius 1 is 1.61 bits per heavy atom. The molecule has 1 heterocycles. The lowest BCUT2D eigenvalue weighted by atomic mass is 10.0. The number of nitrogens with zero attached hydrogens (tertiary/aromatic N) is 1. The fraction of sp³-hybridized carbons (Fsp3) is 0.455. The molecule has 2 rings (SSSR count). The molecule has 1 saturated carbocycles. The first-order valence-corrected chi connectivity index (χ1v) is 6.02. The lowest BCUT2D eigenvalue weighted by molar-refractivity contribution is 0.0933. The zero-order valence-electron chi connectivity index (χ0n) is 9.60. The highest BCUT2D eigenvalue weighted by Gasteiger charge is 2.32. The van der Waals surface area contributed by atoms with Gasteiger partial charge in [0.25, 0.3) is 5.91 Å². The van der Waals surface area contributed by atoms with E-state index >= 15 is 0 Å². The van der Waals surface area contributed by atoms with Crippen LogP contribution in [0.25, 0.3) is 0 Å². The van der Waals surface area contributed by atoms with Crippen LogP contribution in [0.1, 0.15) is 29.6 Å². The largest absolute Gasteiger partial charge is 0.452 e. The fourth-order valence-electron chi connectivity index (χ4n) is 2.26. The number of nitrogens with one attached hydrogen (secondary N) is 1. The second-order valence-corrected chi connectivity index (χ2v) is 4.59. The number of hydrogen-bond acceptors (Lipinski definition) is 4. The van der Waals surface area contributed by atoms with E-state index in [9.17, 15) is 4.79 Å². The Kier molecular flexibility index (Phi) is 3.76. The fourth-order valence-corrected chi connectivity index (χ4v) is 2.46.